The van der Waals surface area contributed by atoms with E-state index in [1.54, 1.807) is 0 Å². The molecule has 4 atom stereocenters. The number of carbonyl (C=O) groups excluding carboxylic acids is 2. The summed E-state index contributed by atoms with van der Waals surface area (Å²) in [4.78, 5) is 25.4. The molecule has 0 spiro atoms. The van der Waals surface area contributed by atoms with Gasteiger partial charge < -0.3 is 14.7 Å². The predicted octanol–water partition coefficient (Wildman–Crippen LogP) is 0.736. The van der Waals surface area contributed by atoms with Crippen molar-refractivity contribution < 1.29 is 19.4 Å². The maximum atomic E-state index is 12.2. The molecule has 2 aliphatic heterocycles. The van der Waals surface area contributed by atoms with Crippen LogP contribution in [0.4, 0.5) is 0 Å². The summed E-state index contributed by atoms with van der Waals surface area (Å²) in [5, 5.41) is 10.0. The minimum absolute atomic E-state index is 0.138. The third-order valence-corrected chi connectivity index (χ3v) is 6.66. The van der Waals surface area contributed by atoms with Gasteiger partial charge in [0.05, 0.1) is 13.2 Å². The van der Waals surface area contributed by atoms with Gasteiger partial charge in [-0.25, -0.2) is 4.79 Å². The van der Waals surface area contributed by atoms with Crippen LogP contribution in [0.5, 0.6) is 0 Å². The van der Waals surface area contributed by atoms with E-state index in [4.69, 9.17) is 4.74 Å². The Bertz CT molecular complexity index is 414. The van der Waals surface area contributed by atoms with Gasteiger partial charge in [-0.3, -0.25) is 4.79 Å². The number of amides is 1. The van der Waals surface area contributed by atoms with Gasteiger partial charge in [0.25, 0.3) is 0 Å². The van der Waals surface area contributed by atoms with E-state index in [2.05, 4.69) is 15.9 Å². The Morgan fingerprint density at radius 3 is 2.61 bits per heavy atom. The summed E-state index contributed by atoms with van der Waals surface area (Å²) >= 11 is 4.82. The third-order valence-electron chi connectivity index (χ3n) is 3.79. The van der Waals surface area contributed by atoms with Crippen molar-refractivity contribution in [2.24, 2.45) is 0 Å². The van der Waals surface area contributed by atoms with Gasteiger partial charge in [-0.2, -0.15) is 0 Å². The summed E-state index contributed by atoms with van der Waals surface area (Å²) in [5.41, 5.74) is -1.32. The number of aliphatic hydroxyl groups is 1. The van der Waals surface area contributed by atoms with Crippen LogP contribution in [-0.2, 0) is 14.3 Å². The average Bonchev–Trinajstić information content (AvgIpc) is 2.54. The summed E-state index contributed by atoms with van der Waals surface area (Å²) in [6, 6.07) is 0. The quantitative estimate of drug-likeness (QED) is 0.457. The topological polar surface area (TPSA) is 66.8 Å². The normalized spacial score (nSPS) is 39.0. The van der Waals surface area contributed by atoms with Crippen LogP contribution in [0.15, 0.2) is 0 Å². The first-order chi connectivity index (χ1) is 8.21. The van der Waals surface area contributed by atoms with E-state index in [0.29, 0.717) is 0 Å². The van der Waals surface area contributed by atoms with Crippen LogP contribution in [0.25, 0.3) is 0 Å². The van der Waals surface area contributed by atoms with Gasteiger partial charge in [-0.05, 0) is 20.8 Å². The van der Waals surface area contributed by atoms with E-state index in [1.807, 2.05) is 13.8 Å². The van der Waals surface area contributed by atoms with Crippen molar-refractivity contribution in [2.45, 2.75) is 47.4 Å². The molecule has 1 N–H and O–H groups in total. The van der Waals surface area contributed by atoms with Gasteiger partial charge in [0, 0.05) is 4.75 Å². The number of carbonyl (C=O) groups is 2. The lowest BCUT2D eigenvalue weighted by molar-refractivity contribution is -0.179. The van der Waals surface area contributed by atoms with Crippen molar-refractivity contribution in [1.29, 1.82) is 0 Å². The fourth-order valence-electron chi connectivity index (χ4n) is 2.97. The highest BCUT2D eigenvalue weighted by molar-refractivity contribution is 9.10. The number of thioether (sulfide) groups is 1. The lowest BCUT2D eigenvalue weighted by atomic mass is 9.77. The fraction of sp³-hybridized carbons (Fsp3) is 0.818. The van der Waals surface area contributed by atoms with E-state index in [-0.39, 0.29) is 16.1 Å². The second-order valence-electron chi connectivity index (χ2n) is 5.06. The molecule has 0 bridgehead atoms. The van der Waals surface area contributed by atoms with Gasteiger partial charge in [0.2, 0.25) is 5.91 Å². The van der Waals surface area contributed by atoms with Crippen molar-refractivity contribution in [3.63, 3.8) is 0 Å². The minimum Gasteiger partial charge on any atom is -0.467 e. The molecule has 2 unspecified atom stereocenters. The zero-order valence-electron chi connectivity index (χ0n) is 10.6. The summed E-state index contributed by atoms with van der Waals surface area (Å²) < 4.78 is 4.24. The maximum Gasteiger partial charge on any atom is 0.336 e. The molecule has 0 radical (unpaired) electrons. The molecule has 2 aliphatic rings. The van der Waals surface area contributed by atoms with E-state index >= 15 is 0 Å². The first kappa shape index (κ1) is 14.1. The monoisotopic (exact) mass is 337 g/mol. The van der Waals surface area contributed by atoms with E-state index < -0.39 is 22.4 Å². The lowest BCUT2D eigenvalue weighted by Gasteiger charge is -2.50. The Hall–Kier alpha value is -0.270. The fourth-order valence-corrected chi connectivity index (χ4v) is 5.50. The smallest absolute Gasteiger partial charge is 0.336 e. The number of fused-ring (bicyclic) bond motifs is 1. The highest BCUT2D eigenvalue weighted by Gasteiger charge is 2.74. The molecular weight excluding hydrogens is 322 g/mol. The van der Waals surface area contributed by atoms with Crippen LogP contribution < -0.4 is 0 Å². The number of aliphatic hydroxyl groups excluding tert-OH is 1. The van der Waals surface area contributed by atoms with Crippen molar-refractivity contribution in [3.8, 4) is 0 Å². The molecule has 18 heavy (non-hydrogen) atoms. The highest BCUT2D eigenvalue weighted by Crippen LogP contribution is 2.59. The Morgan fingerprint density at radius 1 is 1.61 bits per heavy atom. The molecule has 102 valence electrons. The Balaban J connectivity index is 2.56. The SMILES string of the molecule is COC(=O)[C@]1(C(C)O)N2C(=O)C(Br)[C@H]2SC1(C)C. The molecule has 2 rings (SSSR count). The van der Waals surface area contributed by atoms with E-state index in [9.17, 15) is 14.7 Å². The highest BCUT2D eigenvalue weighted by atomic mass is 79.9. The van der Waals surface area contributed by atoms with Crippen molar-refractivity contribution in [1.82, 2.24) is 4.90 Å². The molecule has 0 aromatic heterocycles. The number of β-lactam (4-membered cyclic amide) rings is 1. The third kappa shape index (κ3) is 1.38. The molecule has 5 nitrogen and oxygen atoms in total. The number of nitrogens with zero attached hydrogens (tertiary/aromatic N) is 1. The average molecular weight is 338 g/mol. The second-order valence-corrected chi connectivity index (χ2v) is 7.79. The summed E-state index contributed by atoms with van der Waals surface area (Å²) in [5.74, 6) is -0.741. The van der Waals surface area contributed by atoms with Crippen LogP contribution in [-0.4, -0.2) is 55.6 Å². The van der Waals surface area contributed by atoms with Crippen LogP contribution >= 0.6 is 27.7 Å². The molecule has 0 saturated carbocycles. The number of alkyl halides is 1. The van der Waals surface area contributed by atoms with Crippen LogP contribution in [0.2, 0.25) is 0 Å². The van der Waals surface area contributed by atoms with Gasteiger partial charge in [-0.15, -0.1) is 11.8 Å². The molecule has 2 saturated heterocycles. The first-order valence-corrected chi connectivity index (χ1v) is 7.43. The van der Waals surface area contributed by atoms with Crippen molar-refractivity contribution in [2.75, 3.05) is 7.11 Å². The van der Waals surface area contributed by atoms with Gasteiger partial charge in [0.15, 0.2) is 5.54 Å². The lowest BCUT2D eigenvalue weighted by Crippen LogP contribution is -2.75. The molecular formula is C11H16BrNO4S. The summed E-state index contributed by atoms with van der Waals surface area (Å²) in [7, 11) is 1.27. The Morgan fingerprint density at radius 2 is 2.17 bits per heavy atom. The number of halogens is 1. The largest absolute Gasteiger partial charge is 0.467 e. The minimum atomic E-state index is -1.32. The molecule has 0 aliphatic carbocycles. The van der Waals surface area contributed by atoms with Gasteiger partial charge >= 0.3 is 5.97 Å². The molecule has 1 amide bonds. The standard InChI is InChI=1S/C11H16BrNO4S/c1-5(14)11(9(16)17-4)10(2,3)18-8-6(12)7(15)13(8)11/h5-6,8,14H,1-4H3/t5?,6?,8-,11+/m1/s1. The second kappa shape index (κ2) is 4.11. The number of hydrogen-bond acceptors (Lipinski definition) is 5. The zero-order chi connectivity index (χ0) is 13.9. The number of hydrogen-bond donors (Lipinski definition) is 1. The van der Waals surface area contributed by atoms with E-state index in [1.165, 1.54) is 30.7 Å². The molecule has 7 heteroatoms. The first-order valence-electron chi connectivity index (χ1n) is 5.63. The van der Waals surface area contributed by atoms with Crippen LogP contribution in [0.3, 0.4) is 0 Å². The van der Waals surface area contributed by atoms with Gasteiger partial charge in [0.1, 0.15) is 10.2 Å². The predicted molar refractivity (Wildman–Crippen MR) is 71.4 cm³/mol. The maximum absolute atomic E-state index is 12.2. The van der Waals surface area contributed by atoms with Crippen LogP contribution in [0.1, 0.15) is 20.8 Å². The van der Waals surface area contributed by atoms with Crippen molar-refractivity contribution in [3.05, 3.63) is 0 Å². The Kier molecular flexibility index (Phi) is 3.23. The van der Waals surface area contributed by atoms with E-state index in [0.717, 1.165) is 0 Å². The van der Waals surface area contributed by atoms with Gasteiger partial charge in [-0.1, -0.05) is 15.9 Å². The Labute approximate surface area is 118 Å². The molecule has 0 aromatic rings. The number of rotatable bonds is 2. The number of methoxy groups -OCH3 is 1. The summed E-state index contributed by atoms with van der Waals surface area (Å²) in [6.07, 6.45) is -0.999. The van der Waals surface area contributed by atoms with Crippen LogP contribution in [0, 0.1) is 0 Å². The number of ether oxygens (including phenoxy) is 1. The molecule has 2 fully saturated rings. The molecule has 2 heterocycles. The molecule has 0 aromatic carbocycles. The summed E-state index contributed by atoms with van der Waals surface area (Å²) in [6.45, 7) is 5.23. The van der Waals surface area contributed by atoms with Crippen molar-refractivity contribution >= 4 is 39.6 Å². The zero-order valence-corrected chi connectivity index (χ0v) is 13.0. The number of esters is 1.